The Morgan fingerprint density at radius 2 is 1.62 bits per heavy atom. The highest BCUT2D eigenvalue weighted by Crippen LogP contribution is 2.47. The lowest BCUT2D eigenvalue weighted by atomic mass is 9.92. The molecule has 1 unspecified atom stereocenters. The van der Waals surface area contributed by atoms with Crippen molar-refractivity contribution in [2.24, 2.45) is 5.92 Å². The average molecular weight is 803 g/mol. The zero-order chi connectivity index (χ0) is 40.7. The second-order valence-corrected chi connectivity index (χ2v) is 17.3. The number of Topliss-reactive ketones (excluding diaryl/α,β-unsaturated/α-hetero) is 1. The second-order valence-electron chi connectivity index (χ2n) is 15.4. The molecule has 0 aromatic heterocycles. The van der Waals surface area contributed by atoms with Crippen LogP contribution in [0.25, 0.3) is 0 Å². The largest absolute Gasteiger partial charge is 0.508 e. The van der Waals surface area contributed by atoms with Crippen LogP contribution in [0.2, 0.25) is 0 Å². The van der Waals surface area contributed by atoms with Crippen LogP contribution in [0.5, 0.6) is 5.75 Å². The lowest BCUT2D eigenvalue weighted by molar-refractivity contribution is -0.189. The summed E-state index contributed by atoms with van der Waals surface area (Å²) in [6, 6.07) is 26.3. The molecule has 300 valence electrons. The number of urea groups is 1. The minimum Gasteiger partial charge on any atom is -0.508 e. The fourth-order valence-corrected chi connectivity index (χ4v) is 9.93. The van der Waals surface area contributed by atoms with E-state index in [2.05, 4.69) is 11.9 Å². The van der Waals surface area contributed by atoms with Gasteiger partial charge in [-0.25, -0.2) is 23.2 Å². The predicted molar refractivity (Wildman–Crippen MR) is 217 cm³/mol. The summed E-state index contributed by atoms with van der Waals surface area (Å²) in [5, 5.41) is 16.1. The first kappa shape index (κ1) is 38.9. The van der Waals surface area contributed by atoms with Crippen molar-refractivity contribution in [2.75, 3.05) is 30.5 Å². The lowest BCUT2D eigenvalue weighted by Gasteiger charge is -2.55. The van der Waals surface area contributed by atoms with E-state index in [0.717, 1.165) is 24.0 Å². The van der Waals surface area contributed by atoms with Gasteiger partial charge in [0.25, 0.3) is 10.0 Å². The number of carbonyl (C=O) groups excluding carboxylic acids is 4. The highest BCUT2D eigenvalue weighted by molar-refractivity contribution is 7.92. The molecule has 3 heterocycles. The van der Waals surface area contributed by atoms with Crippen LogP contribution in [0, 0.1) is 12.8 Å². The average Bonchev–Trinajstić information content (AvgIpc) is 3.99. The number of benzene rings is 4. The molecule has 0 radical (unpaired) electrons. The highest BCUT2D eigenvalue weighted by Gasteiger charge is 2.52. The normalized spacial score (nSPS) is 20.8. The number of para-hydroxylation sites is 1. The molecule has 13 nitrogen and oxygen atoms in total. The van der Waals surface area contributed by atoms with E-state index in [1.54, 1.807) is 70.6 Å². The third-order valence-electron chi connectivity index (χ3n) is 11.4. The molecule has 1 aliphatic carbocycles. The van der Waals surface area contributed by atoms with Crippen LogP contribution in [0.4, 0.5) is 10.5 Å². The summed E-state index contributed by atoms with van der Waals surface area (Å²) in [4.78, 5) is 60.1. The molecule has 4 aliphatic rings. The standard InChI is InChI=1S/C44H46N6O7S/c1-3-22-47-28-40(52)49-38(23-30-14-18-34(51)19-15-30)43(54)46(27-39(49)50(47)44(55)45-24-31-8-5-4-6-9-31)25-33-10-7-11-36-37(42(53)32-16-17-32)26-48(41(33)36)58(56,57)35-20-12-29(2)13-21-35/h3-15,18-21,32,37-39,51H,1,16-17,22-28H2,2H3,(H,45,55)/t37?,38-,39-/m0/s1. The molecule has 8 rings (SSSR count). The molecule has 4 amide bonds. The number of aromatic hydroxyl groups is 1. The minimum absolute atomic E-state index is 0.0128. The second kappa shape index (κ2) is 15.7. The first-order valence-electron chi connectivity index (χ1n) is 19.5. The van der Waals surface area contributed by atoms with Gasteiger partial charge in [-0.2, -0.15) is 0 Å². The van der Waals surface area contributed by atoms with Gasteiger partial charge in [0.1, 0.15) is 23.7 Å². The Morgan fingerprint density at radius 3 is 2.31 bits per heavy atom. The molecule has 2 N–H and O–H groups in total. The third kappa shape index (κ3) is 7.45. The van der Waals surface area contributed by atoms with Crippen LogP contribution in [0.3, 0.4) is 0 Å². The maximum atomic E-state index is 14.8. The number of fused-ring (bicyclic) bond motifs is 2. The van der Waals surface area contributed by atoms with Gasteiger partial charge in [-0.05, 0) is 66.3 Å². The number of rotatable bonds is 12. The summed E-state index contributed by atoms with van der Waals surface area (Å²) in [6.07, 6.45) is 2.31. The maximum absolute atomic E-state index is 14.8. The molecule has 3 atom stereocenters. The van der Waals surface area contributed by atoms with Gasteiger partial charge in [-0.15, -0.1) is 6.58 Å². The smallest absolute Gasteiger partial charge is 0.334 e. The van der Waals surface area contributed by atoms with E-state index in [1.807, 2.05) is 37.3 Å². The number of phenolic OH excluding ortho intramolecular Hbond substituents is 1. The number of nitrogens with zero attached hydrogens (tertiary/aromatic N) is 5. The summed E-state index contributed by atoms with van der Waals surface area (Å²) >= 11 is 0. The molecular formula is C44H46N6O7S. The van der Waals surface area contributed by atoms with Crippen LogP contribution in [-0.4, -0.2) is 95.4 Å². The zero-order valence-corrected chi connectivity index (χ0v) is 33.1. The van der Waals surface area contributed by atoms with Crippen molar-refractivity contribution in [3.63, 3.8) is 0 Å². The summed E-state index contributed by atoms with van der Waals surface area (Å²) in [7, 11) is -4.13. The monoisotopic (exact) mass is 802 g/mol. The minimum atomic E-state index is -4.13. The SMILES string of the molecule is C=CCN1CC(=O)N2[C@@H](Cc3ccc(O)cc3)C(=O)N(Cc3cccc4c3N(S(=O)(=O)c3ccc(C)cc3)CC4C(=O)C3CC3)C[C@@H]2N1C(=O)NCc1ccccc1. The summed E-state index contributed by atoms with van der Waals surface area (Å²) in [6.45, 7) is 5.78. The number of hydrazine groups is 1. The molecule has 3 aliphatic heterocycles. The van der Waals surface area contributed by atoms with E-state index < -0.39 is 34.2 Å². The van der Waals surface area contributed by atoms with Crippen LogP contribution in [0.1, 0.15) is 46.6 Å². The predicted octanol–water partition coefficient (Wildman–Crippen LogP) is 4.71. The van der Waals surface area contributed by atoms with E-state index in [4.69, 9.17) is 0 Å². The number of hydrogen-bond donors (Lipinski definition) is 2. The van der Waals surface area contributed by atoms with Crippen molar-refractivity contribution in [2.45, 2.75) is 62.3 Å². The molecule has 58 heavy (non-hydrogen) atoms. The molecule has 0 spiro atoms. The topological polar surface area (TPSA) is 151 Å². The van der Waals surface area contributed by atoms with Crippen LogP contribution in [0.15, 0.2) is 115 Å². The summed E-state index contributed by atoms with van der Waals surface area (Å²) < 4.78 is 30.2. The van der Waals surface area contributed by atoms with Crippen molar-refractivity contribution in [3.05, 3.63) is 138 Å². The van der Waals surface area contributed by atoms with Crippen LogP contribution < -0.4 is 9.62 Å². The van der Waals surface area contributed by atoms with Crippen molar-refractivity contribution in [3.8, 4) is 5.75 Å². The Hall–Kier alpha value is -5.99. The molecule has 3 fully saturated rings. The van der Waals surface area contributed by atoms with Gasteiger partial charge < -0.3 is 20.2 Å². The fourth-order valence-electron chi connectivity index (χ4n) is 8.39. The van der Waals surface area contributed by atoms with E-state index in [-0.39, 0.29) is 79.8 Å². The van der Waals surface area contributed by atoms with Crippen LogP contribution in [-0.2, 0) is 43.9 Å². The molecule has 4 aromatic carbocycles. The molecule has 1 saturated carbocycles. The number of piperazine rings is 1. The van der Waals surface area contributed by atoms with Crippen molar-refractivity contribution in [1.82, 2.24) is 25.1 Å². The van der Waals surface area contributed by atoms with Gasteiger partial charge in [0.05, 0.1) is 29.6 Å². The fraction of sp³-hybridized carbons (Fsp3) is 0.318. The zero-order valence-electron chi connectivity index (χ0n) is 32.2. The molecule has 14 heteroatoms. The Morgan fingerprint density at radius 1 is 0.897 bits per heavy atom. The number of hydrogen-bond acceptors (Lipinski definition) is 8. The van der Waals surface area contributed by atoms with Gasteiger partial charge in [-0.1, -0.05) is 84.4 Å². The maximum Gasteiger partial charge on any atom is 0.334 e. The van der Waals surface area contributed by atoms with E-state index >= 15 is 0 Å². The Labute approximate surface area is 338 Å². The quantitative estimate of drug-likeness (QED) is 0.196. The molecular weight excluding hydrogens is 757 g/mol. The number of sulfonamides is 1. The van der Waals surface area contributed by atoms with Gasteiger partial charge in [0.2, 0.25) is 11.8 Å². The third-order valence-corrected chi connectivity index (χ3v) is 13.2. The number of amides is 4. The molecule has 2 saturated heterocycles. The first-order chi connectivity index (χ1) is 27.9. The van der Waals surface area contributed by atoms with Crippen molar-refractivity contribution >= 4 is 39.3 Å². The van der Waals surface area contributed by atoms with E-state index in [0.29, 0.717) is 22.4 Å². The number of aryl methyl sites for hydroxylation is 1. The van der Waals surface area contributed by atoms with Crippen LogP contribution >= 0.6 is 0 Å². The summed E-state index contributed by atoms with van der Waals surface area (Å²) in [5.41, 5.74) is 3.97. The number of carbonyl (C=O) groups is 4. The summed E-state index contributed by atoms with van der Waals surface area (Å²) in [5.74, 6) is -1.43. The van der Waals surface area contributed by atoms with Crippen molar-refractivity contribution < 1.29 is 32.7 Å². The van der Waals surface area contributed by atoms with Gasteiger partial charge in [0, 0.05) is 38.5 Å². The van der Waals surface area contributed by atoms with Crippen molar-refractivity contribution in [1.29, 1.82) is 0 Å². The van der Waals surface area contributed by atoms with E-state index in [9.17, 15) is 32.7 Å². The number of ketones is 1. The first-order valence-corrected chi connectivity index (χ1v) is 21.0. The Balaban J connectivity index is 1.19. The number of anilines is 1. The Kier molecular flexibility index (Phi) is 10.6. The number of phenols is 1. The van der Waals surface area contributed by atoms with Gasteiger partial charge in [0.15, 0.2) is 0 Å². The van der Waals surface area contributed by atoms with Gasteiger partial charge >= 0.3 is 6.03 Å². The molecule has 0 bridgehead atoms. The highest BCUT2D eigenvalue weighted by atomic mass is 32.2. The Bertz CT molecular complexity index is 2350. The number of nitrogens with one attached hydrogen (secondary N) is 1. The molecule has 4 aromatic rings. The van der Waals surface area contributed by atoms with E-state index in [1.165, 1.54) is 26.3 Å². The van der Waals surface area contributed by atoms with Gasteiger partial charge in [-0.3, -0.25) is 18.7 Å². The lowest BCUT2D eigenvalue weighted by Crippen LogP contribution is -2.76.